The number of nitrogens with two attached hydrogens (primary N) is 1. The van der Waals surface area contributed by atoms with Gasteiger partial charge in [0.25, 0.3) is 0 Å². The SMILES string of the molecule is CCCCC1(CCCC)N=C(N)C=C(C2CCN(C(C)=O)CC2)CC1=O. The molecule has 0 aromatic carbocycles. The van der Waals surface area contributed by atoms with Crippen molar-refractivity contribution >= 4 is 17.5 Å². The van der Waals surface area contributed by atoms with Crippen LogP contribution in [0, 0.1) is 5.92 Å². The van der Waals surface area contributed by atoms with Crippen LogP contribution in [0.5, 0.6) is 0 Å². The van der Waals surface area contributed by atoms with Crippen LogP contribution in [0.3, 0.4) is 0 Å². The van der Waals surface area contributed by atoms with Gasteiger partial charge < -0.3 is 10.6 Å². The van der Waals surface area contributed by atoms with E-state index in [0.29, 0.717) is 18.2 Å². The quantitative estimate of drug-likeness (QED) is 0.752. The lowest BCUT2D eigenvalue weighted by molar-refractivity contribution is -0.130. The second kappa shape index (κ2) is 9.33. The zero-order valence-electron chi connectivity index (χ0n) is 16.7. The second-order valence-corrected chi connectivity index (χ2v) is 7.87. The van der Waals surface area contributed by atoms with Gasteiger partial charge in [0, 0.05) is 26.4 Å². The topological polar surface area (TPSA) is 75.8 Å². The van der Waals surface area contributed by atoms with Gasteiger partial charge in [0.15, 0.2) is 5.78 Å². The van der Waals surface area contributed by atoms with Gasteiger partial charge in [-0.3, -0.25) is 14.6 Å². The van der Waals surface area contributed by atoms with Gasteiger partial charge in [-0.2, -0.15) is 0 Å². The molecule has 2 heterocycles. The van der Waals surface area contributed by atoms with Crippen LogP contribution < -0.4 is 5.73 Å². The summed E-state index contributed by atoms with van der Waals surface area (Å²) in [6.07, 6.45) is 9.93. The zero-order valence-corrected chi connectivity index (χ0v) is 16.7. The van der Waals surface area contributed by atoms with Gasteiger partial charge in [0.2, 0.25) is 5.91 Å². The summed E-state index contributed by atoms with van der Waals surface area (Å²) in [6.45, 7) is 7.44. The summed E-state index contributed by atoms with van der Waals surface area (Å²) in [5.41, 5.74) is 6.73. The van der Waals surface area contributed by atoms with Crippen molar-refractivity contribution in [2.75, 3.05) is 13.1 Å². The fourth-order valence-corrected chi connectivity index (χ4v) is 4.21. The van der Waals surface area contributed by atoms with Crippen LogP contribution in [0.25, 0.3) is 0 Å². The Balaban J connectivity index is 2.15. The molecule has 2 aliphatic rings. The Bertz CT molecular complexity index is 564. The van der Waals surface area contributed by atoms with E-state index in [9.17, 15) is 9.59 Å². The third kappa shape index (κ3) is 4.95. The molecule has 2 rings (SSSR count). The van der Waals surface area contributed by atoms with Crippen LogP contribution in [0.4, 0.5) is 0 Å². The van der Waals surface area contributed by atoms with E-state index in [2.05, 4.69) is 13.8 Å². The number of hydrogen-bond acceptors (Lipinski definition) is 4. The largest absolute Gasteiger partial charge is 0.384 e. The van der Waals surface area contributed by atoms with E-state index in [4.69, 9.17) is 10.7 Å². The van der Waals surface area contributed by atoms with E-state index in [1.165, 1.54) is 0 Å². The van der Waals surface area contributed by atoms with E-state index < -0.39 is 5.54 Å². The molecule has 0 bridgehead atoms. The van der Waals surface area contributed by atoms with Crippen molar-refractivity contribution in [2.24, 2.45) is 16.6 Å². The number of amides is 1. The van der Waals surface area contributed by atoms with Gasteiger partial charge in [0.05, 0.1) is 0 Å². The summed E-state index contributed by atoms with van der Waals surface area (Å²) < 4.78 is 0. The van der Waals surface area contributed by atoms with Gasteiger partial charge in [-0.05, 0) is 37.7 Å². The van der Waals surface area contributed by atoms with Crippen LogP contribution in [0.2, 0.25) is 0 Å². The maximum Gasteiger partial charge on any atom is 0.219 e. The van der Waals surface area contributed by atoms with Crippen molar-refractivity contribution in [2.45, 2.75) is 84.1 Å². The van der Waals surface area contributed by atoms with Gasteiger partial charge in [-0.1, -0.05) is 45.1 Å². The minimum atomic E-state index is -0.631. The van der Waals surface area contributed by atoms with Gasteiger partial charge in [-0.25, -0.2) is 0 Å². The number of rotatable bonds is 7. The van der Waals surface area contributed by atoms with Crippen molar-refractivity contribution in [3.8, 4) is 0 Å². The molecule has 146 valence electrons. The fraction of sp³-hybridized carbons (Fsp3) is 0.762. The molecule has 2 aliphatic heterocycles. The summed E-state index contributed by atoms with van der Waals surface area (Å²) in [7, 11) is 0. The molecule has 1 amide bonds. The molecule has 0 atom stereocenters. The monoisotopic (exact) mass is 361 g/mol. The fourth-order valence-electron chi connectivity index (χ4n) is 4.21. The Labute approximate surface area is 158 Å². The number of nitrogens with zero attached hydrogens (tertiary/aromatic N) is 2. The maximum atomic E-state index is 13.3. The van der Waals surface area contributed by atoms with Crippen LogP contribution in [0.15, 0.2) is 16.6 Å². The number of piperidine rings is 1. The van der Waals surface area contributed by atoms with E-state index in [0.717, 1.165) is 70.0 Å². The lowest BCUT2D eigenvalue weighted by Crippen LogP contribution is -2.39. The average Bonchev–Trinajstić information content (AvgIpc) is 2.75. The van der Waals surface area contributed by atoms with Gasteiger partial charge >= 0.3 is 0 Å². The molecule has 2 N–H and O–H groups in total. The molecular formula is C21H35N3O2. The standard InChI is InChI=1S/C21H35N3O2/c1-4-6-10-21(11-7-5-2)19(26)14-18(15-20(22)23-21)17-8-12-24(13-9-17)16(3)25/h15,17H,4-14H2,1-3H3,(H2,22,23). The number of hydrogen-bond donors (Lipinski definition) is 1. The summed E-state index contributed by atoms with van der Waals surface area (Å²) >= 11 is 0. The molecule has 0 aromatic rings. The van der Waals surface area contributed by atoms with Crippen LogP contribution in [-0.4, -0.2) is 41.1 Å². The predicted molar refractivity (Wildman–Crippen MR) is 106 cm³/mol. The number of carbonyl (C=O) groups is 2. The molecule has 5 nitrogen and oxygen atoms in total. The summed E-state index contributed by atoms with van der Waals surface area (Å²) in [5.74, 6) is 1.21. The minimum absolute atomic E-state index is 0.133. The summed E-state index contributed by atoms with van der Waals surface area (Å²) in [5, 5.41) is 0. The minimum Gasteiger partial charge on any atom is -0.384 e. The highest BCUT2D eigenvalue weighted by molar-refractivity contribution is 6.01. The Morgan fingerprint density at radius 1 is 1.23 bits per heavy atom. The Hall–Kier alpha value is -1.65. The molecule has 0 radical (unpaired) electrons. The molecule has 5 heteroatoms. The smallest absolute Gasteiger partial charge is 0.219 e. The van der Waals surface area contributed by atoms with Crippen molar-refractivity contribution in [3.63, 3.8) is 0 Å². The second-order valence-electron chi connectivity index (χ2n) is 7.87. The molecule has 0 saturated carbocycles. The number of allylic oxidation sites excluding steroid dienone is 1. The van der Waals surface area contributed by atoms with Crippen molar-refractivity contribution in [1.29, 1.82) is 0 Å². The van der Waals surface area contributed by atoms with Crippen LogP contribution in [0.1, 0.15) is 78.6 Å². The molecular weight excluding hydrogens is 326 g/mol. The molecule has 0 aromatic heterocycles. The summed E-state index contributed by atoms with van der Waals surface area (Å²) in [4.78, 5) is 31.4. The van der Waals surface area contributed by atoms with E-state index >= 15 is 0 Å². The van der Waals surface area contributed by atoms with Crippen molar-refractivity contribution in [1.82, 2.24) is 4.90 Å². The van der Waals surface area contributed by atoms with Crippen molar-refractivity contribution in [3.05, 3.63) is 11.6 Å². The zero-order chi connectivity index (χ0) is 19.2. The van der Waals surface area contributed by atoms with E-state index in [-0.39, 0.29) is 11.7 Å². The number of likely N-dealkylation sites (tertiary alicyclic amines) is 1. The average molecular weight is 362 g/mol. The third-order valence-corrected chi connectivity index (χ3v) is 5.91. The normalized spacial score (nSPS) is 21.2. The first-order chi connectivity index (χ1) is 12.4. The predicted octanol–water partition coefficient (Wildman–Crippen LogP) is 3.62. The highest BCUT2D eigenvalue weighted by Crippen LogP contribution is 2.35. The Morgan fingerprint density at radius 2 is 1.81 bits per heavy atom. The Morgan fingerprint density at radius 3 is 2.31 bits per heavy atom. The number of ketones is 1. The number of unbranched alkanes of at least 4 members (excludes halogenated alkanes) is 2. The van der Waals surface area contributed by atoms with E-state index in [1.54, 1.807) is 6.92 Å². The van der Waals surface area contributed by atoms with Gasteiger partial charge in [0.1, 0.15) is 11.4 Å². The highest BCUT2D eigenvalue weighted by atomic mass is 16.2. The van der Waals surface area contributed by atoms with Gasteiger partial charge in [-0.15, -0.1) is 0 Å². The van der Waals surface area contributed by atoms with Crippen molar-refractivity contribution < 1.29 is 9.59 Å². The third-order valence-electron chi connectivity index (χ3n) is 5.91. The molecule has 1 saturated heterocycles. The molecule has 0 unspecified atom stereocenters. The maximum absolute atomic E-state index is 13.3. The van der Waals surface area contributed by atoms with E-state index in [1.807, 2.05) is 11.0 Å². The number of amidine groups is 1. The first-order valence-corrected chi connectivity index (χ1v) is 10.3. The molecule has 1 fully saturated rings. The number of carbonyl (C=O) groups excluding carboxylic acids is 2. The highest BCUT2D eigenvalue weighted by Gasteiger charge is 2.39. The number of Topliss-reactive ketones (excluding diaryl/α,β-unsaturated/α-hetero) is 1. The molecule has 26 heavy (non-hydrogen) atoms. The molecule has 0 aliphatic carbocycles. The lowest BCUT2D eigenvalue weighted by atomic mass is 9.79. The number of aliphatic imine (C=N–C) groups is 1. The summed E-state index contributed by atoms with van der Waals surface area (Å²) in [6, 6.07) is 0. The van der Waals surface area contributed by atoms with Crippen LogP contribution >= 0.6 is 0 Å². The van der Waals surface area contributed by atoms with Crippen LogP contribution in [-0.2, 0) is 9.59 Å². The first kappa shape index (κ1) is 20.7. The lowest BCUT2D eigenvalue weighted by Gasteiger charge is -2.33. The molecule has 0 spiro atoms. The Kier molecular flexibility index (Phi) is 7.42. The first-order valence-electron chi connectivity index (χ1n) is 10.3.